The summed E-state index contributed by atoms with van der Waals surface area (Å²) < 4.78 is 14.1. The molecule has 1 rings (SSSR count). The van der Waals surface area contributed by atoms with E-state index < -0.39 is 0 Å². The second kappa shape index (κ2) is 5.96. The zero-order chi connectivity index (χ0) is 13.1. The van der Waals surface area contributed by atoms with Gasteiger partial charge in [-0.15, -0.1) is 0 Å². The highest BCUT2D eigenvalue weighted by atomic mass is 79.9. The van der Waals surface area contributed by atoms with Gasteiger partial charge in [0.25, 0.3) is 0 Å². The molecule has 0 bridgehead atoms. The van der Waals surface area contributed by atoms with Gasteiger partial charge in [-0.05, 0) is 55.1 Å². The van der Waals surface area contributed by atoms with E-state index in [0.29, 0.717) is 5.92 Å². The van der Waals surface area contributed by atoms with Gasteiger partial charge in [-0.1, -0.05) is 36.7 Å². The second-order valence-corrected chi connectivity index (χ2v) is 6.52. The van der Waals surface area contributed by atoms with E-state index in [1.54, 1.807) is 6.07 Å². The maximum atomic E-state index is 13.3. The van der Waals surface area contributed by atoms with E-state index in [9.17, 15) is 4.39 Å². The van der Waals surface area contributed by atoms with Crippen LogP contribution in [0.2, 0.25) is 0 Å². The van der Waals surface area contributed by atoms with Crippen molar-refractivity contribution in [3.8, 4) is 0 Å². The van der Waals surface area contributed by atoms with Crippen molar-refractivity contribution in [2.24, 2.45) is 11.3 Å². The molecule has 0 amide bonds. The van der Waals surface area contributed by atoms with Crippen molar-refractivity contribution in [3.05, 3.63) is 34.1 Å². The Morgan fingerprint density at radius 2 is 1.94 bits per heavy atom. The van der Waals surface area contributed by atoms with E-state index in [2.05, 4.69) is 42.0 Å². The third-order valence-corrected chi connectivity index (χ3v) is 3.54. The Hall–Kier alpha value is -0.410. The van der Waals surface area contributed by atoms with Gasteiger partial charge in [0.05, 0.1) is 0 Å². The van der Waals surface area contributed by atoms with Crippen molar-refractivity contribution in [2.75, 3.05) is 13.6 Å². The number of nitrogens with one attached hydrogen (secondary N) is 1. The van der Waals surface area contributed by atoms with Crippen LogP contribution in [0.15, 0.2) is 22.7 Å². The van der Waals surface area contributed by atoms with Crippen molar-refractivity contribution in [2.45, 2.75) is 27.2 Å². The number of benzene rings is 1. The van der Waals surface area contributed by atoms with Crippen LogP contribution in [0.1, 0.15) is 26.3 Å². The summed E-state index contributed by atoms with van der Waals surface area (Å²) in [7, 11) is 1.96. The predicted molar refractivity (Wildman–Crippen MR) is 74.7 cm³/mol. The van der Waals surface area contributed by atoms with E-state index in [1.165, 1.54) is 6.07 Å². The lowest BCUT2D eigenvalue weighted by Crippen LogP contribution is -2.31. The molecule has 1 atom stereocenters. The maximum absolute atomic E-state index is 13.3. The summed E-state index contributed by atoms with van der Waals surface area (Å²) in [5, 5.41) is 3.22. The largest absolute Gasteiger partial charge is 0.319 e. The average Bonchev–Trinajstić information content (AvgIpc) is 2.13. The van der Waals surface area contributed by atoms with Crippen LogP contribution in [0.25, 0.3) is 0 Å². The molecule has 0 saturated carbocycles. The fourth-order valence-electron chi connectivity index (χ4n) is 1.94. The molecule has 0 aromatic heterocycles. The number of rotatable bonds is 4. The van der Waals surface area contributed by atoms with Crippen LogP contribution in [0.3, 0.4) is 0 Å². The van der Waals surface area contributed by atoms with Gasteiger partial charge in [0, 0.05) is 4.47 Å². The lowest BCUT2D eigenvalue weighted by molar-refractivity contribution is 0.234. The minimum absolute atomic E-state index is 0.175. The van der Waals surface area contributed by atoms with Crippen LogP contribution in [0.5, 0.6) is 0 Å². The molecule has 17 heavy (non-hydrogen) atoms. The monoisotopic (exact) mass is 301 g/mol. The summed E-state index contributed by atoms with van der Waals surface area (Å²) in [6.45, 7) is 7.62. The molecule has 1 N–H and O–H groups in total. The summed E-state index contributed by atoms with van der Waals surface area (Å²) in [5.74, 6) is 0.313. The van der Waals surface area contributed by atoms with Gasteiger partial charge in [0.15, 0.2) is 0 Å². The van der Waals surface area contributed by atoms with Gasteiger partial charge in [-0.3, -0.25) is 0 Å². The molecule has 1 nitrogen and oxygen atoms in total. The molecule has 96 valence electrons. The van der Waals surface area contributed by atoms with Crippen molar-refractivity contribution < 1.29 is 4.39 Å². The third kappa shape index (κ3) is 4.76. The minimum atomic E-state index is -0.175. The van der Waals surface area contributed by atoms with Crippen LogP contribution in [-0.2, 0) is 6.42 Å². The highest BCUT2D eigenvalue weighted by molar-refractivity contribution is 9.10. The number of halogens is 2. The van der Waals surface area contributed by atoms with Crippen molar-refractivity contribution in [3.63, 3.8) is 0 Å². The normalized spacial score (nSPS) is 13.8. The summed E-state index contributed by atoms with van der Waals surface area (Å²) in [6, 6.07) is 5.12. The molecule has 0 heterocycles. The highest BCUT2D eigenvalue weighted by Gasteiger charge is 2.24. The lowest BCUT2D eigenvalue weighted by Gasteiger charge is -2.31. The first-order valence-electron chi connectivity index (χ1n) is 5.92. The van der Waals surface area contributed by atoms with E-state index in [-0.39, 0.29) is 11.2 Å². The Morgan fingerprint density at radius 1 is 1.29 bits per heavy atom. The van der Waals surface area contributed by atoms with Gasteiger partial charge in [0.1, 0.15) is 5.82 Å². The summed E-state index contributed by atoms with van der Waals surface area (Å²) in [6.07, 6.45) is 0.890. The standard InChI is InChI=1S/C14H21BrFN/c1-14(2,3)11(9-17-4)5-10-6-12(15)8-13(16)7-10/h6-8,11,17H,5,9H2,1-4H3. The molecule has 0 aliphatic heterocycles. The fourth-order valence-corrected chi connectivity index (χ4v) is 2.46. The van der Waals surface area contributed by atoms with E-state index in [1.807, 2.05) is 13.1 Å². The molecule has 0 saturated heterocycles. The summed E-state index contributed by atoms with van der Waals surface area (Å²) in [5.41, 5.74) is 1.26. The molecule has 3 heteroatoms. The number of hydrogen-bond donors (Lipinski definition) is 1. The SMILES string of the molecule is CNCC(Cc1cc(F)cc(Br)c1)C(C)(C)C. The zero-order valence-electron chi connectivity index (χ0n) is 11.0. The van der Waals surface area contributed by atoms with Gasteiger partial charge in [-0.2, -0.15) is 0 Å². The molecular formula is C14H21BrFN. The highest BCUT2D eigenvalue weighted by Crippen LogP contribution is 2.29. The molecular weight excluding hydrogens is 281 g/mol. The van der Waals surface area contributed by atoms with E-state index >= 15 is 0 Å². The smallest absolute Gasteiger partial charge is 0.124 e. The van der Waals surface area contributed by atoms with Gasteiger partial charge in [0.2, 0.25) is 0 Å². The first-order chi connectivity index (χ1) is 7.82. The molecule has 1 aromatic carbocycles. The van der Waals surface area contributed by atoms with Crippen LogP contribution < -0.4 is 5.32 Å². The van der Waals surface area contributed by atoms with E-state index in [0.717, 1.165) is 23.0 Å². The summed E-state index contributed by atoms with van der Waals surface area (Å²) >= 11 is 3.34. The quantitative estimate of drug-likeness (QED) is 0.886. The molecule has 0 aliphatic carbocycles. The van der Waals surface area contributed by atoms with Crippen LogP contribution in [0.4, 0.5) is 4.39 Å². The molecule has 0 spiro atoms. The minimum Gasteiger partial charge on any atom is -0.319 e. The van der Waals surface area contributed by atoms with Crippen molar-refractivity contribution >= 4 is 15.9 Å². The van der Waals surface area contributed by atoms with Crippen LogP contribution >= 0.6 is 15.9 Å². The maximum Gasteiger partial charge on any atom is 0.124 e. The number of hydrogen-bond acceptors (Lipinski definition) is 1. The molecule has 1 unspecified atom stereocenters. The second-order valence-electron chi connectivity index (χ2n) is 5.60. The van der Waals surface area contributed by atoms with Gasteiger partial charge < -0.3 is 5.32 Å². The van der Waals surface area contributed by atoms with Gasteiger partial charge in [-0.25, -0.2) is 4.39 Å². The van der Waals surface area contributed by atoms with Gasteiger partial charge >= 0.3 is 0 Å². The first-order valence-corrected chi connectivity index (χ1v) is 6.72. The Bertz CT molecular complexity index is 351. The Morgan fingerprint density at radius 3 is 2.41 bits per heavy atom. The Balaban J connectivity index is 2.86. The topological polar surface area (TPSA) is 12.0 Å². The first kappa shape index (κ1) is 14.7. The molecule has 0 fully saturated rings. The Kier molecular flexibility index (Phi) is 5.14. The van der Waals surface area contributed by atoms with Crippen LogP contribution in [-0.4, -0.2) is 13.6 Å². The summed E-state index contributed by atoms with van der Waals surface area (Å²) in [4.78, 5) is 0. The zero-order valence-corrected chi connectivity index (χ0v) is 12.6. The van der Waals surface area contributed by atoms with Crippen molar-refractivity contribution in [1.82, 2.24) is 5.32 Å². The van der Waals surface area contributed by atoms with E-state index in [4.69, 9.17) is 0 Å². The Labute approximate surface area is 112 Å². The average molecular weight is 302 g/mol. The molecule has 1 aromatic rings. The molecule has 0 radical (unpaired) electrons. The third-order valence-electron chi connectivity index (χ3n) is 3.08. The van der Waals surface area contributed by atoms with Crippen molar-refractivity contribution in [1.29, 1.82) is 0 Å². The van der Waals surface area contributed by atoms with Crippen LogP contribution in [0, 0.1) is 17.2 Å². The fraction of sp³-hybridized carbons (Fsp3) is 0.571. The molecule has 0 aliphatic rings. The predicted octanol–water partition coefficient (Wildman–Crippen LogP) is 4.01. The lowest BCUT2D eigenvalue weighted by atomic mass is 9.77.